The molecule has 0 aliphatic carbocycles. The second-order valence-corrected chi connectivity index (χ2v) is 4.72. The summed E-state index contributed by atoms with van der Waals surface area (Å²) in [6.07, 6.45) is 2.65. The van der Waals surface area contributed by atoms with Crippen LogP contribution in [0.25, 0.3) is 0 Å². The summed E-state index contributed by atoms with van der Waals surface area (Å²) in [6, 6.07) is 0. The third kappa shape index (κ3) is 4.02. The number of nitrogens with two attached hydrogens (primary N) is 1. The average Bonchev–Trinajstić information content (AvgIpc) is 2.55. The highest BCUT2D eigenvalue weighted by Gasteiger charge is 2.03. The predicted octanol–water partition coefficient (Wildman–Crippen LogP) is 1.39. The monoisotopic (exact) mass is 238 g/mol. The molecular formula is C11H18N4S. The molecule has 0 aliphatic heterocycles. The molecular weight excluding hydrogens is 220 g/mol. The molecule has 1 heterocycles. The molecule has 0 aromatic carbocycles. The summed E-state index contributed by atoms with van der Waals surface area (Å²) in [5.41, 5.74) is 6.75. The van der Waals surface area contributed by atoms with Crippen molar-refractivity contribution in [2.45, 2.75) is 20.3 Å². The maximum absolute atomic E-state index is 5.65. The van der Waals surface area contributed by atoms with Crippen molar-refractivity contribution in [3.63, 3.8) is 0 Å². The lowest BCUT2D eigenvalue weighted by Gasteiger charge is -2.01. The van der Waals surface area contributed by atoms with E-state index in [0.29, 0.717) is 19.0 Å². The smallest absolute Gasteiger partial charge is 0.188 e. The van der Waals surface area contributed by atoms with Crippen LogP contribution in [0.3, 0.4) is 0 Å². The second kappa shape index (κ2) is 6.27. The number of aromatic nitrogens is 1. The molecule has 0 saturated heterocycles. The Balaban J connectivity index is 2.40. The fraction of sp³-hybridized carbons (Fsp3) is 0.455. The molecule has 1 aromatic heterocycles. The van der Waals surface area contributed by atoms with E-state index in [-0.39, 0.29) is 0 Å². The summed E-state index contributed by atoms with van der Waals surface area (Å²) in [6.45, 7) is 8.98. The molecule has 0 radical (unpaired) electrons. The predicted molar refractivity (Wildman–Crippen MR) is 70.0 cm³/mol. The zero-order chi connectivity index (χ0) is 12.0. The minimum atomic E-state index is 0.471. The number of nitrogens with one attached hydrogen (secondary N) is 1. The van der Waals surface area contributed by atoms with E-state index in [1.165, 1.54) is 4.88 Å². The van der Waals surface area contributed by atoms with Crippen LogP contribution < -0.4 is 11.1 Å². The normalized spacial score (nSPS) is 11.5. The Morgan fingerprint density at radius 1 is 1.62 bits per heavy atom. The molecule has 16 heavy (non-hydrogen) atoms. The summed E-state index contributed by atoms with van der Waals surface area (Å²) in [7, 11) is 0. The number of rotatable bonds is 5. The van der Waals surface area contributed by atoms with Gasteiger partial charge in [-0.1, -0.05) is 6.08 Å². The summed E-state index contributed by atoms with van der Waals surface area (Å²) < 4.78 is 0. The molecule has 5 heteroatoms. The molecule has 4 nitrogen and oxygen atoms in total. The first-order chi connectivity index (χ1) is 7.63. The summed E-state index contributed by atoms with van der Waals surface area (Å²) >= 11 is 1.73. The van der Waals surface area contributed by atoms with Crippen LogP contribution in [-0.2, 0) is 6.42 Å². The Hall–Kier alpha value is -1.36. The van der Waals surface area contributed by atoms with Crippen molar-refractivity contribution >= 4 is 17.3 Å². The lowest BCUT2D eigenvalue weighted by molar-refractivity contribution is 0.931. The number of aryl methyl sites for hydroxylation is 2. The highest BCUT2D eigenvalue weighted by Crippen LogP contribution is 2.17. The van der Waals surface area contributed by atoms with Gasteiger partial charge in [-0.25, -0.2) is 4.98 Å². The highest BCUT2D eigenvalue weighted by molar-refractivity contribution is 7.11. The zero-order valence-electron chi connectivity index (χ0n) is 9.79. The van der Waals surface area contributed by atoms with Crippen LogP contribution in [-0.4, -0.2) is 24.0 Å². The van der Waals surface area contributed by atoms with Gasteiger partial charge in [-0.15, -0.1) is 17.9 Å². The molecule has 3 N–H and O–H groups in total. The topological polar surface area (TPSA) is 63.3 Å². The van der Waals surface area contributed by atoms with Crippen LogP contribution in [0.15, 0.2) is 17.6 Å². The van der Waals surface area contributed by atoms with Gasteiger partial charge in [-0.3, -0.25) is 4.99 Å². The van der Waals surface area contributed by atoms with Gasteiger partial charge < -0.3 is 11.1 Å². The Labute approximate surface area is 100 Å². The number of thiazole rings is 1. The lowest BCUT2D eigenvalue weighted by atomic mass is 10.3. The van der Waals surface area contributed by atoms with E-state index >= 15 is 0 Å². The molecule has 0 saturated carbocycles. The van der Waals surface area contributed by atoms with Crippen molar-refractivity contribution in [3.8, 4) is 0 Å². The van der Waals surface area contributed by atoms with Crippen LogP contribution in [0.5, 0.6) is 0 Å². The maximum Gasteiger partial charge on any atom is 0.188 e. The fourth-order valence-electron chi connectivity index (χ4n) is 1.32. The van der Waals surface area contributed by atoms with E-state index in [9.17, 15) is 0 Å². The van der Waals surface area contributed by atoms with Crippen LogP contribution in [0.4, 0.5) is 0 Å². The fourth-order valence-corrected chi connectivity index (χ4v) is 2.24. The number of nitrogens with zero attached hydrogens (tertiary/aromatic N) is 2. The lowest BCUT2D eigenvalue weighted by Crippen LogP contribution is -2.31. The molecule has 88 valence electrons. The van der Waals surface area contributed by atoms with E-state index in [1.54, 1.807) is 17.4 Å². The van der Waals surface area contributed by atoms with Gasteiger partial charge in [0.05, 0.1) is 10.7 Å². The SMILES string of the molecule is C=CCNC(N)=NCCc1sc(C)nc1C. The number of aliphatic imine (C=N–C) groups is 1. The van der Waals surface area contributed by atoms with Crippen LogP contribution in [0.2, 0.25) is 0 Å². The third-order valence-electron chi connectivity index (χ3n) is 2.05. The van der Waals surface area contributed by atoms with Gasteiger partial charge >= 0.3 is 0 Å². The van der Waals surface area contributed by atoms with Crippen LogP contribution in [0.1, 0.15) is 15.6 Å². The Morgan fingerprint density at radius 3 is 2.94 bits per heavy atom. The van der Waals surface area contributed by atoms with Crippen LogP contribution >= 0.6 is 11.3 Å². The van der Waals surface area contributed by atoms with E-state index in [0.717, 1.165) is 17.1 Å². The number of hydrogen-bond donors (Lipinski definition) is 2. The van der Waals surface area contributed by atoms with Gasteiger partial charge in [-0.05, 0) is 13.8 Å². The number of hydrogen-bond acceptors (Lipinski definition) is 3. The summed E-state index contributed by atoms with van der Waals surface area (Å²) in [5, 5.41) is 4.04. The standard InChI is InChI=1S/C11H18N4S/c1-4-6-13-11(12)14-7-5-10-8(2)15-9(3)16-10/h4H,1,5-7H2,2-3H3,(H3,12,13,14). The van der Waals surface area contributed by atoms with Gasteiger partial charge in [0.15, 0.2) is 5.96 Å². The molecule has 0 atom stereocenters. The molecule has 1 aromatic rings. The van der Waals surface area contributed by atoms with Crippen LogP contribution in [0, 0.1) is 13.8 Å². The van der Waals surface area contributed by atoms with Crippen molar-refractivity contribution in [3.05, 3.63) is 28.2 Å². The molecule has 0 amide bonds. The molecule has 0 bridgehead atoms. The zero-order valence-corrected chi connectivity index (χ0v) is 10.6. The molecule has 0 aliphatic rings. The highest BCUT2D eigenvalue weighted by atomic mass is 32.1. The summed E-state index contributed by atoms with van der Waals surface area (Å²) in [5.74, 6) is 0.471. The third-order valence-corrected chi connectivity index (χ3v) is 3.18. The van der Waals surface area contributed by atoms with Gasteiger partial charge in [0.25, 0.3) is 0 Å². The van der Waals surface area contributed by atoms with Gasteiger partial charge in [0.2, 0.25) is 0 Å². The molecule has 1 rings (SSSR count). The van der Waals surface area contributed by atoms with Crippen molar-refractivity contribution in [1.82, 2.24) is 10.3 Å². The van der Waals surface area contributed by atoms with Gasteiger partial charge in [0.1, 0.15) is 0 Å². The Kier molecular flexibility index (Phi) is 4.98. The Bertz CT molecular complexity index is 381. The Morgan fingerprint density at radius 2 is 2.38 bits per heavy atom. The maximum atomic E-state index is 5.65. The minimum Gasteiger partial charge on any atom is -0.370 e. The van der Waals surface area contributed by atoms with Gasteiger partial charge in [0, 0.05) is 24.4 Å². The first-order valence-corrected chi connectivity index (χ1v) is 6.02. The van der Waals surface area contributed by atoms with Gasteiger partial charge in [-0.2, -0.15) is 0 Å². The molecule has 0 spiro atoms. The van der Waals surface area contributed by atoms with Crippen molar-refractivity contribution in [2.75, 3.05) is 13.1 Å². The molecule has 0 fully saturated rings. The second-order valence-electron chi connectivity index (χ2n) is 3.43. The first-order valence-electron chi connectivity index (χ1n) is 5.21. The molecule has 0 unspecified atom stereocenters. The quantitative estimate of drug-likeness (QED) is 0.463. The largest absolute Gasteiger partial charge is 0.370 e. The van der Waals surface area contributed by atoms with E-state index in [2.05, 4.69) is 21.9 Å². The number of guanidine groups is 1. The summed E-state index contributed by atoms with van der Waals surface area (Å²) in [4.78, 5) is 9.88. The minimum absolute atomic E-state index is 0.471. The first kappa shape index (κ1) is 12.7. The average molecular weight is 238 g/mol. The van der Waals surface area contributed by atoms with Crippen molar-refractivity contribution in [1.29, 1.82) is 0 Å². The van der Waals surface area contributed by atoms with Crippen molar-refractivity contribution < 1.29 is 0 Å². The van der Waals surface area contributed by atoms with E-state index < -0.39 is 0 Å². The van der Waals surface area contributed by atoms with E-state index in [4.69, 9.17) is 5.73 Å². The van der Waals surface area contributed by atoms with E-state index in [1.807, 2.05) is 13.8 Å². The van der Waals surface area contributed by atoms with Crippen molar-refractivity contribution in [2.24, 2.45) is 10.7 Å².